The monoisotopic (exact) mass is 254 g/mol. The van der Waals surface area contributed by atoms with Gasteiger partial charge in [-0.3, -0.25) is 0 Å². The largest absolute Gasteiger partial charge is 0.493 e. The molecule has 0 aliphatic carbocycles. The second-order valence-electron chi connectivity index (χ2n) is 2.58. The Balaban J connectivity index is 3.46. The van der Waals surface area contributed by atoms with E-state index in [0.717, 1.165) is 6.07 Å². The van der Waals surface area contributed by atoms with Crippen molar-refractivity contribution < 1.29 is 21.8 Å². The first-order valence-electron chi connectivity index (χ1n) is 3.76. The fourth-order valence-corrected chi connectivity index (χ4v) is 1.99. The Kier molecular flexibility index (Phi) is 3.41. The zero-order valence-corrected chi connectivity index (χ0v) is 9.52. The van der Waals surface area contributed by atoms with Gasteiger partial charge in [-0.1, -0.05) is 11.6 Å². The molecule has 0 bridgehead atoms. The highest BCUT2D eigenvalue weighted by molar-refractivity contribution is 7.86. The van der Waals surface area contributed by atoms with Gasteiger partial charge in [-0.2, -0.15) is 8.42 Å². The molecule has 7 heteroatoms. The molecule has 0 aliphatic rings. The molecule has 0 saturated carbocycles. The lowest BCUT2D eigenvalue weighted by Gasteiger charge is -2.09. The molecule has 0 spiro atoms. The summed E-state index contributed by atoms with van der Waals surface area (Å²) < 4.78 is 43.7. The van der Waals surface area contributed by atoms with Crippen molar-refractivity contribution in [3.63, 3.8) is 0 Å². The van der Waals surface area contributed by atoms with Gasteiger partial charge in [0.05, 0.1) is 19.2 Å². The van der Waals surface area contributed by atoms with Crippen molar-refractivity contribution >= 4 is 21.8 Å². The third kappa shape index (κ3) is 2.51. The van der Waals surface area contributed by atoms with Gasteiger partial charge in [0, 0.05) is 12.1 Å². The van der Waals surface area contributed by atoms with Gasteiger partial charge in [0.2, 0.25) is 0 Å². The minimum Gasteiger partial charge on any atom is -0.493 e. The van der Waals surface area contributed by atoms with Crippen LogP contribution in [0.2, 0.25) is 5.02 Å². The van der Waals surface area contributed by atoms with Crippen LogP contribution in [-0.2, 0) is 10.2 Å². The van der Waals surface area contributed by atoms with Crippen LogP contribution in [0.25, 0.3) is 0 Å². The first-order chi connectivity index (χ1) is 6.90. The number of hydrogen-bond acceptors (Lipinski definition) is 4. The first-order valence-corrected chi connectivity index (χ1v) is 5.52. The summed E-state index contributed by atoms with van der Waals surface area (Å²) in [7, 11) is -2.19. The molecule has 0 unspecified atom stereocenters. The van der Waals surface area contributed by atoms with E-state index < -0.39 is 15.1 Å². The highest BCUT2D eigenvalue weighted by atomic mass is 35.5. The molecule has 84 valence electrons. The molecule has 0 fully saturated rings. The smallest absolute Gasteiger partial charge is 0.333 e. The lowest BCUT2D eigenvalue weighted by molar-refractivity contribution is 0.354. The van der Waals surface area contributed by atoms with Crippen molar-refractivity contribution in [2.75, 3.05) is 14.2 Å². The van der Waals surface area contributed by atoms with Crippen molar-refractivity contribution in [3.05, 3.63) is 17.2 Å². The highest BCUT2D eigenvalue weighted by Crippen LogP contribution is 2.35. The molecular weight excluding hydrogens is 247 g/mol. The minimum atomic E-state index is -4.86. The zero-order chi connectivity index (χ0) is 11.6. The molecule has 0 radical (unpaired) electrons. The van der Waals surface area contributed by atoms with Crippen LogP contribution in [0.15, 0.2) is 17.0 Å². The molecule has 0 aromatic heterocycles. The molecule has 0 heterocycles. The van der Waals surface area contributed by atoms with Crippen molar-refractivity contribution in [1.29, 1.82) is 0 Å². The second-order valence-corrected chi connectivity index (χ2v) is 4.30. The molecule has 1 rings (SSSR count). The van der Waals surface area contributed by atoms with E-state index >= 15 is 0 Å². The average molecular weight is 255 g/mol. The third-order valence-corrected chi connectivity index (χ3v) is 2.99. The Bertz CT molecular complexity index is 472. The van der Waals surface area contributed by atoms with Crippen molar-refractivity contribution in [2.45, 2.75) is 4.90 Å². The number of ether oxygens (including phenoxy) is 2. The zero-order valence-electron chi connectivity index (χ0n) is 7.95. The van der Waals surface area contributed by atoms with Gasteiger partial charge in [-0.15, -0.1) is 3.89 Å². The number of hydrogen-bond donors (Lipinski definition) is 0. The number of halogens is 2. The van der Waals surface area contributed by atoms with Crippen LogP contribution in [0.1, 0.15) is 0 Å². The van der Waals surface area contributed by atoms with E-state index in [2.05, 4.69) is 0 Å². The fraction of sp³-hybridized carbons (Fsp3) is 0.250. The van der Waals surface area contributed by atoms with Crippen LogP contribution >= 0.6 is 11.6 Å². The minimum absolute atomic E-state index is 0.0955. The average Bonchev–Trinajstić information content (AvgIpc) is 2.15. The van der Waals surface area contributed by atoms with E-state index in [-0.39, 0.29) is 16.5 Å². The van der Waals surface area contributed by atoms with E-state index in [1.54, 1.807) is 0 Å². The summed E-state index contributed by atoms with van der Waals surface area (Å²) in [5, 5.41) is -0.254. The van der Waals surface area contributed by atoms with Gasteiger partial charge in [0.25, 0.3) is 0 Å². The predicted molar refractivity (Wildman–Crippen MR) is 52.8 cm³/mol. The van der Waals surface area contributed by atoms with Crippen LogP contribution in [-0.4, -0.2) is 22.6 Å². The molecule has 15 heavy (non-hydrogen) atoms. The predicted octanol–water partition coefficient (Wildman–Crippen LogP) is 2.02. The van der Waals surface area contributed by atoms with E-state index in [1.807, 2.05) is 0 Å². The Morgan fingerprint density at radius 3 is 2.07 bits per heavy atom. The molecule has 1 aromatic rings. The Morgan fingerprint density at radius 2 is 1.67 bits per heavy atom. The molecule has 4 nitrogen and oxygen atoms in total. The summed E-state index contributed by atoms with van der Waals surface area (Å²) in [6.45, 7) is 0. The summed E-state index contributed by atoms with van der Waals surface area (Å²) in [4.78, 5) is -0.637. The number of rotatable bonds is 3. The van der Waals surface area contributed by atoms with Gasteiger partial charge in [0.1, 0.15) is 4.90 Å². The molecule has 0 amide bonds. The van der Waals surface area contributed by atoms with Gasteiger partial charge in [-0.25, -0.2) is 0 Å². The van der Waals surface area contributed by atoms with Crippen LogP contribution in [0.4, 0.5) is 3.89 Å². The maximum Gasteiger partial charge on any atom is 0.333 e. The van der Waals surface area contributed by atoms with Gasteiger partial charge in [0.15, 0.2) is 11.5 Å². The summed E-state index contributed by atoms with van der Waals surface area (Å²) in [5.41, 5.74) is 0. The molecular formula is C8H8ClFO4S. The fourth-order valence-electron chi connectivity index (χ4n) is 1.02. The molecule has 1 aromatic carbocycles. The normalized spacial score (nSPS) is 11.2. The molecule has 0 saturated heterocycles. The quantitative estimate of drug-likeness (QED) is 0.775. The molecule has 0 aliphatic heterocycles. The second kappa shape index (κ2) is 4.24. The lowest BCUT2D eigenvalue weighted by Crippen LogP contribution is -1.97. The highest BCUT2D eigenvalue weighted by Gasteiger charge is 2.20. The maximum atomic E-state index is 12.7. The standard InChI is InChI=1S/C8H8ClFO4S/c1-13-6-3-5(9)8(15(10,11)12)4-7(6)14-2/h3-4H,1-2H3. The molecule has 0 atom stereocenters. The van der Waals surface area contributed by atoms with Gasteiger partial charge < -0.3 is 9.47 Å². The van der Waals surface area contributed by atoms with Gasteiger partial charge >= 0.3 is 10.2 Å². The van der Waals surface area contributed by atoms with Crippen LogP contribution in [0.5, 0.6) is 11.5 Å². The van der Waals surface area contributed by atoms with E-state index in [4.69, 9.17) is 21.1 Å². The summed E-state index contributed by atoms with van der Waals surface area (Å²) in [5.74, 6) is 0.327. The van der Waals surface area contributed by atoms with Crippen LogP contribution in [0.3, 0.4) is 0 Å². The van der Waals surface area contributed by atoms with Crippen molar-refractivity contribution in [1.82, 2.24) is 0 Å². The Hall–Kier alpha value is -1.01. The van der Waals surface area contributed by atoms with Crippen molar-refractivity contribution in [2.24, 2.45) is 0 Å². The summed E-state index contributed by atoms with van der Waals surface area (Å²) in [6, 6.07) is 2.14. The summed E-state index contributed by atoms with van der Waals surface area (Å²) >= 11 is 5.57. The number of methoxy groups -OCH3 is 2. The third-order valence-electron chi connectivity index (χ3n) is 1.70. The van der Waals surface area contributed by atoms with Crippen LogP contribution < -0.4 is 9.47 Å². The molecule has 0 N–H and O–H groups in total. The Morgan fingerprint density at radius 1 is 1.20 bits per heavy atom. The topological polar surface area (TPSA) is 52.6 Å². The van der Waals surface area contributed by atoms with Gasteiger partial charge in [-0.05, 0) is 0 Å². The summed E-state index contributed by atoms with van der Waals surface area (Å²) in [6.07, 6.45) is 0. The SMILES string of the molecule is COc1cc(Cl)c(S(=O)(=O)F)cc1OC. The lowest BCUT2D eigenvalue weighted by atomic mass is 10.3. The van der Waals surface area contributed by atoms with E-state index in [9.17, 15) is 12.3 Å². The van der Waals surface area contributed by atoms with Crippen molar-refractivity contribution in [3.8, 4) is 11.5 Å². The maximum absolute atomic E-state index is 12.7. The number of benzene rings is 1. The Labute approximate surface area is 91.8 Å². The van der Waals surface area contributed by atoms with E-state index in [1.165, 1.54) is 20.3 Å². The van der Waals surface area contributed by atoms with E-state index in [0.29, 0.717) is 0 Å². The first kappa shape index (κ1) is 12.1. The van der Waals surface area contributed by atoms with Crippen LogP contribution in [0, 0.1) is 0 Å².